The number of ether oxygens (including phenoxy) is 1. The zero-order valence-electron chi connectivity index (χ0n) is 14.6. The molecule has 0 spiro atoms. The first-order chi connectivity index (χ1) is 12.1. The average molecular weight is 452 g/mol. The molecule has 1 N–H and O–H groups in total. The van der Waals surface area contributed by atoms with Gasteiger partial charge in [0.15, 0.2) is 17.3 Å². The van der Waals surface area contributed by atoms with Crippen molar-refractivity contribution in [3.8, 4) is 11.5 Å². The first-order valence-electron chi connectivity index (χ1n) is 8.82. The van der Waals surface area contributed by atoms with Gasteiger partial charge in [-0.2, -0.15) is 0 Å². The highest BCUT2D eigenvalue weighted by Gasteiger charge is 2.16. The lowest BCUT2D eigenvalue weighted by atomic mass is 10.0. The predicted octanol–water partition coefficient (Wildman–Crippen LogP) is 5.78. The molecular weight excluding hydrogens is 427 g/mol. The van der Waals surface area contributed by atoms with E-state index in [0.29, 0.717) is 21.8 Å². The maximum Gasteiger partial charge on any atom is 0.196 e. The van der Waals surface area contributed by atoms with Crippen molar-refractivity contribution in [1.29, 1.82) is 0 Å². The summed E-state index contributed by atoms with van der Waals surface area (Å²) in [5, 5.41) is 10.4. The number of carbonyl (C=O) groups is 1. The monoisotopic (exact) mass is 452 g/mol. The number of hydrogen-bond acceptors (Lipinski definition) is 3. The molecule has 0 saturated carbocycles. The maximum absolute atomic E-state index is 12.5. The molecule has 0 aliphatic carbocycles. The largest absolute Gasteiger partial charge is 0.504 e. The van der Waals surface area contributed by atoms with E-state index in [4.69, 9.17) is 4.74 Å². The Labute approximate surface area is 163 Å². The Balaban J connectivity index is 1.93. The fourth-order valence-corrected chi connectivity index (χ4v) is 3.50. The van der Waals surface area contributed by atoms with Crippen LogP contribution in [0.2, 0.25) is 0 Å². The van der Waals surface area contributed by atoms with Crippen molar-refractivity contribution in [2.45, 2.75) is 43.0 Å². The number of alkyl halides is 1. The summed E-state index contributed by atoms with van der Waals surface area (Å²) in [4.78, 5) is 12.5. The van der Waals surface area contributed by atoms with Crippen LogP contribution >= 0.6 is 22.6 Å². The smallest absolute Gasteiger partial charge is 0.196 e. The minimum Gasteiger partial charge on any atom is -0.504 e. The van der Waals surface area contributed by atoms with Crippen LogP contribution in [0.25, 0.3) is 0 Å². The van der Waals surface area contributed by atoms with Crippen molar-refractivity contribution in [2.24, 2.45) is 0 Å². The number of ketones is 1. The molecule has 0 radical (unpaired) electrons. The van der Waals surface area contributed by atoms with Crippen molar-refractivity contribution in [3.05, 3.63) is 59.7 Å². The molecule has 2 rings (SSSR count). The van der Waals surface area contributed by atoms with Crippen molar-refractivity contribution < 1.29 is 14.6 Å². The SMILES string of the molecule is CCCCC(I)CCCOc1cccc(C(=O)c2ccccc2)c1O. The number of phenolic OH excluding ortho intramolecular Hbond substituents is 1. The third-order valence-corrected chi connectivity index (χ3v) is 5.32. The van der Waals surface area contributed by atoms with Crippen LogP contribution in [0.4, 0.5) is 0 Å². The fraction of sp³-hybridized carbons (Fsp3) is 0.381. The van der Waals surface area contributed by atoms with E-state index in [0.717, 1.165) is 12.8 Å². The lowest BCUT2D eigenvalue weighted by Gasteiger charge is -2.12. The van der Waals surface area contributed by atoms with Gasteiger partial charge in [0.2, 0.25) is 0 Å². The molecule has 0 heterocycles. The summed E-state index contributed by atoms with van der Waals surface area (Å²) in [6.45, 7) is 2.75. The minimum absolute atomic E-state index is 0.0756. The Morgan fingerprint density at radius 3 is 2.52 bits per heavy atom. The summed E-state index contributed by atoms with van der Waals surface area (Å²) in [7, 11) is 0. The molecular formula is C21H25IO3. The quantitative estimate of drug-likeness (QED) is 0.215. The van der Waals surface area contributed by atoms with E-state index in [9.17, 15) is 9.90 Å². The number of carbonyl (C=O) groups excluding carboxylic acids is 1. The summed E-state index contributed by atoms with van der Waals surface area (Å²) < 4.78 is 6.38. The third-order valence-electron chi connectivity index (χ3n) is 4.07. The van der Waals surface area contributed by atoms with Crippen molar-refractivity contribution in [2.75, 3.05) is 6.61 Å². The highest BCUT2D eigenvalue weighted by atomic mass is 127. The van der Waals surface area contributed by atoms with Gasteiger partial charge < -0.3 is 9.84 Å². The van der Waals surface area contributed by atoms with E-state index in [1.165, 1.54) is 19.3 Å². The van der Waals surface area contributed by atoms with Crippen LogP contribution in [0.3, 0.4) is 0 Å². The number of rotatable bonds is 10. The standard InChI is InChI=1S/C21H25IO3/c1-2-3-11-17(22)12-8-15-25-19-14-7-13-18(21(19)24)20(23)16-9-5-4-6-10-16/h4-7,9-10,13-14,17,24H,2-3,8,11-12,15H2,1H3. The number of para-hydroxylation sites is 1. The fourth-order valence-electron chi connectivity index (χ4n) is 2.62. The molecule has 4 heteroatoms. The van der Waals surface area contributed by atoms with Gasteiger partial charge in [0.25, 0.3) is 0 Å². The van der Waals surface area contributed by atoms with Crippen LogP contribution in [0.5, 0.6) is 11.5 Å². The van der Waals surface area contributed by atoms with Gasteiger partial charge in [-0.15, -0.1) is 0 Å². The maximum atomic E-state index is 12.5. The normalized spacial score (nSPS) is 11.9. The van der Waals surface area contributed by atoms with Gasteiger partial charge >= 0.3 is 0 Å². The van der Waals surface area contributed by atoms with Crippen LogP contribution in [0.1, 0.15) is 54.9 Å². The zero-order valence-corrected chi connectivity index (χ0v) is 16.7. The summed E-state index contributed by atoms with van der Waals surface area (Å²) in [6.07, 6.45) is 5.77. The topological polar surface area (TPSA) is 46.5 Å². The number of benzene rings is 2. The zero-order chi connectivity index (χ0) is 18.1. The molecule has 0 amide bonds. The van der Waals surface area contributed by atoms with E-state index in [1.54, 1.807) is 30.3 Å². The van der Waals surface area contributed by atoms with Crippen LogP contribution in [0.15, 0.2) is 48.5 Å². The number of halogens is 1. The number of unbranched alkanes of at least 4 members (excludes halogenated alkanes) is 1. The van der Waals surface area contributed by atoms with Gasteiger partial charge in [-0.3, -0.25) is 4.79 Å². The lowest BCUT2D eigenvalue weighted by Crippen LogP contribution is -2.05. The minimum atomic E-state index is -0.199. The van der Waals surface area contributed by atoms with Crippen LogP contribution < -0.4 is 4.74 Å². The van der Waals surface area contributed by atoms with Gasteiger partial charge in [-0.05, 0) is 31.4 Å². The molecule has 2 aromatic carbocycles. The van der Waals surface area contributed by atoms with E-state index in [-0.39, 0.29) is 17.1 Å². The average Bonchev–Trinajstić information content (AvgIpc) is 2.65. The van der Waals surface area contributed by atoms with Crippen molar-refractivity contribution in [1.82, 2.24) is 0 Å². The van der Waals surface area contributed by atoms with Crippen LogP contribution in [-0.4, -0.2) is 21.4 Å². The van der Waals surface area contributed by atoms with E-state index in [2.05, 4.69) is 29.5 Å². The van der Waals surface area contributed by atoms with Crippen molar-refractivity contribution in [3.63, 3.8) is 0 Å². The predicted molar refractivity (Wildman–Crippen MR) is 110 cm³/mol. The van der Waals surface area contributed by atoms with Crippen LogP contribution in [-0.2, 0) is 0 Å². The summed E-state index contributed by atoms with van der Waals surface area (Å²) in [6, 6.07) is 14.0. The molecule has 1 atom stereocenters. The summed E-state index contributed by atoms with van der Waals surface area (Å²) in [5.41, 5.74) is 0.831. The summed E-state index contributed by atoms with van der Waals surface area (Å²) in [5.74, 6) is 0.101. The second-order valence-corrected chi connectivity index (χ2v) is 7.84. The number of phenols is 1. The van der Waals surface area contributed by atoms with E-state index < -0.39 is 0 Å². The molecule has 2 aromatic rings. The Morgan fingerprint density at radius 2 is 1.80 bits per heavy atom. The molecule has 0 saturated heterocycles. The van der Waals surface area contributed by atoms with Gasteiger partial charge in [-0.1, -0.05) is 78.8 Å². The summed E-state index contributed by atoms with van der Waals surface area (Å²) >= 11 is 2.50. The van der Waals surface area contributed by atoms with E-state index >= 15 is 0 Å². The molecule has 0 bridgehead atoms. The Kier molecular flexibility index (Phi) is 8.25. The molecule has 0 aliphatic heterocycles. The molecule has 25 heavy (non-hydrogen) atoms. The van der Waals surface area contributed by atoms with Gasteiger partial charge in [0.1, 0.15) is 0 Å². The van der Waals surface area contributed by atoms with Crippen LogP contribution in [0, 0.1) is 0 Å². The molecule has 134 valence electrons. The Morgan fingerprint density at radius 1 is 1.08 bits per heavy atom. The van der Waals surface area contributed by atoms with Gasteiger partial charge in [0, 0.05) is 9.49 Å². The third kappa shape index (κ3) is 6.03. The Hall–Kier alpha value is -1.56. The van der Waals surface area contributed by atoms with Gasteiger partial charge in [0.05, 0.1) is 12.2 Å². The highest BCUT2D eigenvalue weighted by Crippen LogP contribution is 2.31. The van der Waals surface area contributed by atoms with Crippen molar-refractivity contribution >= 4 is 28.4 Å². The Bertz CT molecular complexity index is 670. The number of hydrogen-bond donors (Lipinski definition) is 1. The first kappa shape index (κ1) is 19.8. The van der Waals surface area contributed by atoms with Gasteiger partial charge in [-0.25, -0.2) is 0 Å². The second-order valence-electron chi connectivity index (χ2n) is 6.08. The second kappa shape index (κ2) is 10.4. The number of aromatic hydroxyl groups is 1. The lowest BCUT2D eigenvalue weighted by molar-refractivity contribution is 0.103. The molecule has 1 unspecified atom stereocenters. The highest BCUT2D eigenvalue weighted by molar-refractivity contribution is 14.1. The molecule has 0 fully saturated rings. The first-order valence-corrected chi connectivity index (χ1v) is 10.1. The molecule has 0 aromatic heterocycles. The van der Waals surface area contributed by atoms with E-state index in [1.807, 2.05) is 18.2 Å². The molecule has 3 nitrogen and oxygen atoms in total. The molecule has 0 aliphatic rings.